The highest BCUT2D eigenvalue weighted by molar-refractivity contribution is 5.89. The molecule has 0 saturated carbocycles. The van der Waals surface area contributed by atoms with E-state index in [0.29, 0.717) is 19.0 Å². The van der Waals surface area contributed by atoms with E-state index in [2.05, 4.69) is 29.2 Å². The number of nitrogens with zero attached hydrogens (tertiary/aromatic N) is 3. The summed E-state index contributed by atoms with van der Waals surface area (Å²) in [6, 6.07) is 8.42. The van der Waals surface area contributed by atoms with Crippen LogP contribution in [0.4, 0.5) is 0 Å². The first-order chi connectivity index (χ1) is 13.0. The number of likely N-dealkylation sites (tertiary alicyclic amines) is 2. The van der Waals surface area contributed by atoms with Gasteiger partial charge in [0.25, 0.3) is 0 Å². The van der Waals surface area contributed by atoms with Crippen molar-refractivity contribution in [1.29, 1.82) is 0 Å². The Kier molecular flexibility index (Phi) is 4.97. The first-order valence-corrected chi connectivity index (χ1v) is 10.3. The smallest absolute Gasteiger partial charge is 0.243 e. The van der Waals surface area contributed by atoms with E-state index in [1.165, 1.54) is 11.1 Å². The molecule has 4 rings (SSSR count). The molecule has 0 aromatic heterocycles. The van der Waals surface area contributed by atoms with E-state index in [-0.39, 0.29) is 11.8 Å². The normalized spacial score (nSPS) is 22.3. The molecule has 2 amide bonds. The maximum Gasteiger partial charge on any atom is 0.243 e. The standard InChI is InChI=1S/C22H31N3O2/c1-23(2)22(15-18-7-3-4-8-19(18)16-22)21(27)25-13-9-17(10-14-25)20(26)24-11-5-6-12-24/h3-4,7-8,17H,5-6,9-16H2,1-2H3. The average molecular weight is 370 g/mol. The number of amides is 2. The van der Waals surface area contributed by atoms with Crippen LogP contribution in [0.3, 0.4) is 0 Å². The van der Waals surface area contributed by atoms with Gasteiger partial charge < -0.3 is 9.80 Å². The molecule has 27 heavy (non-hydrogen) atoms. The fourth-order valence-corrected chi connectivity index (χ4v) is 5.07. The fourth-order valence-electron chi connectivity index (χ4n) is 5.07. The van der Waals surface area contributed by atoms with E-state index in [4.69, 9.17) is 0 Å². The number of rotatable bonds is 3. The van der Waals surface area contributed by atoms with Crippen LogP contribution >= 0.6 is 0 Å². The second kappa shape index (κ2) is 7.27. The Morgan fingerprint density at radius 1 is 0.926 bits per heavy atom. The van der Waals surface area contributed by atoms with Gasteiger partial charge in [-0.3, -0.25) is 14.5 Å². The highest BCUT2D eigenvalue weighted by Crippen LogP contribution is 2.36. The van der Waals surface area contributed by atoms with Gasteiger partial charge in [0.2, 0.25) is 11.8 Å². The maximum atomic E-state index is 13.6. The second-order valence-electron chi connectivity index (χ2n) is 8.65. The van der Waals surface area contributed by atoms with Crippen molar-refractivity contribution in [3.8, 4) is 0 Å². The Morgan fingerprint density at radius 3 is 2.00 bits per heavy atom. The molecule has 146 valence electrons. The van der Waals surface area contributed by atoms with E-state index in [0.717, 1.165) is 51.6 Å². The number of hydrogen-bond donors (Lipinski definition) is 0. The minimum atomic E-state index is -0.477. The van der Waals surface area contributed by atoms with Crippen molar-refractivity contribution in [2.24, 2.45) is 5.92 Å². The van der Waals surface area contributed by atoms with Gasteiger partial charge in [-0.15, -0.1) is 0 Å². The summed E-state index contributed by atoms with van der Waals surface area (Å²) in [4.78, 5) is 32.4. The molecule has 0 unspecified atom stereocenters. The molecule has 1 aromatic carbocycles. The molecule has 2 heterocycles. The summed E-state index contributed by atoms with van der Waals surface area (Å²) >= 11 is 0. The predicted molar refractivity (Wildman–Crippen MR) is 105 cm³/mol. The Hall–Kier alpha value is -1.88. The average Bonchev–Trinajstić information content (AvgIpc) is 3.35. The largest absolute Gasteiger partial charge is 0.342 e. The number of carbonyl (C=O) groups excluding carboxylic acids is 2. The van der Waals surface area contributed by atoms with Crippen LogP contribution in [0.5, 0.6) is 0 Å². The molecule has 3 aliphatic rings. The molecule has 1 aromatic rings. The summed E-state index contributed by atoms with van der Waals surface area (Å²) in [5, 5.41) is 0. The first-order valence-electron chi connectivity index (χ1n) is 10.3. The highest BCUT2D eigenvalue weighted by atomic mass is 16.2. The zero-order chi connectivity index (χ0) is 19.0. The number of likely N-dealkylation sites (N-methyl/N-ethyl adjacent to an activating group) is 1. The van der Waals surface area contributed by atoms with E-state index < -0.39 is 5.54 Å². The molecule has 5 nitrogen and oxygen atoms in total. The summed E-state index contributed by atoms with van der Waals surface area (Å²) in [6.07, 6.45) is 5.43. The van der Waals surface area contributed by atoms with Crippen LogP contribution < -0.4 is 0 Å². The molecule has 0 radical (unpaired) electrons. The van der Waals surface area contributed by atoms with Gasteiger partial charge in [-0.05, 0) is 50.9 Å². The molecule has 0 atom stereocenters. The number of carbonyl (C=O) groups is 2. The van der Waals surface area contributed by atoms with Crippen LogP contribution in [0.25, 0.3) is 0 Å². The first kappa shape index (κ1) is 18.5. The fraction of sp³-hybridized carbons (Fsp3) is 0.636. The summed E-state index contributed by atoms with van der Waals surface area (Å²) in [6.45, 7) is 3.24. The minimum absolute atomic E-state index is 0.100. The van der Waals surface area contributed by atoms with E-state index >= 15 is 0 Å². The lowest BCUT2D eigenvalue weighted by molar-refractivity contribution is -0.147. The summed E-state index contributed by atoms with van der Waals surface area (Å²) in [7, 11) is 4.04. The third kappa shape index (κ3) is 3.27. The van der Waals surface area contributed by atoms with Crippen molar-refractivity contribution in [2.45, 2.75) is 44.1 Å². The van der Waals surface area contributed by atoms with Crippen LogP contribution in [0.2, 0.25) is 0 Å². The second-order valence-corrected chi connectivity index (χ2v) is 8.65. The molecule has 0 bridgehead atoms. The zero-order valence-corrected chi connectivity index (χ0v) is 16.6. The van der Waals surface area contributed by atoms with Crippen molar-refractivity contribution in [3.63, 3.8) is 0 Å². The monoisotopic (exact) mass is 369 g/mol. The quantitative estimate of drug-likeness (QED) is 0.818. The lowest BCUT2D eigenvalue weighted by Crippen LogP contribution is -2.59. The van der Waals surface area contributed by atoms with Gasteiger partial charge in [0.15, 0.2) is 0 Å². The molecular formula is C22H31N3O2. The lowest BCUT2D eigenvalue weighted by Gasteiger charge is -2.42. The molecule has 0 N–H and O–H groups in total. The van der Waals surface area contributed by atoms with Gasteiger partial charge >= 0.3 is 0 Å². The SMILES string of the molecule is CN(C)C1(C(=O)N2CCC(C(=O)N3CCCC3)CC2)Cc2ccccc2C1. The lowest BCUT2D eigenvalue weighted by atomic mass is 9.89. The van der Waals surface area contributed by atoms with E-state index in [1.54, 1.807) is 0 Å². The molecule has 0 spiro atoms. The highest BCUT2D eigenvalue weighted by Gasteiger charge is 2.48. The Morgan fingerprint density at radius 2 is 1.48 bits per heavy atom. The summed E-state index contributed by atoms with van der Waals surface area (Å²) < 4.78 is 0. The van der Waals surface area contributed by atoms with Gasteiger partial charge in [0, 0.05) is 44.9 Å². The number of hydrogen-bond acceptors (Lipinski definition) is 3. The van der Waals surface area contributed by atoms with Crippen LogP contribution in [-0.4, -0.2) is 72.3 Å². The maximum absolute atomic E-state index is 13.6. The van der Waals surface area contributed by atoms with Gasteiger partial charge in [-0.1, -0.05) is 24.3 Å². The Balaban J connectivity index is 1.43. The molecule has 1 aliphatic carbocycles. The van der Waals surface area contributed by atoms with Gasteiger partial charge in [-0.25, -0.2) is 0 Å². The summed E-state index contributed by atoms with van der Waals surface area (Å²) in [5.41, 5.74) is 2.10. The summed E-state index contributed by atoms with van der Waals surface area (Å²) in [5.74, 6) is 0.647. The Labute approximate surface area is 162 Å². The third-order valence-corrected chi connectivity index (χ3v) is 6.89. The topological polar surface area (TPSA) is 43.9 Å². The van der Waals surface area contributed by atoms with Crippen molar-refractivity contribution >= 4 is 11.8 Å². The molecule has 5 heteroatoms. The number of piperidine rings is 1. The van der Waals surface area contributed by atoms with Gasteiger partial charge in [-0.2, -0.15) is 0 Å². The van der Waals surface area contributed by atoms with Crippen LogP contribution in [0.1, 0.15) is 36.8 Å². The van der Waals surface area contributed by atoms with Crippen molar-refractivity contribution < 1.29 is 9.59 Å². The van der Waals surface area contributed by atoms with Crippen LogP contribution in [0.15, 0.2) is 24.3 Å². The molecule has 2 fully saturated rings. The van der Waals surface area contributed by atoms with Crippen molar-refractivity contribution in [3.05, 3.63) is 35.4 Å². The van der Waals surface area contributed by atoms with Crippen molar-refractivity contribution in [2.75, 3.05) is 40.3 Å². The molecule has 2 aliphatic heterocycles. The zero-order valence-electron chi connectivity index (χ0n) is 16.6. The molecular weight excluding hydrogens is 338 g/mol. The third-order valence-electron chi connectivity index (χ3n) is 6.89. The van der Waals surface area contributed by atoms with Crippen LogP contribution in [0, 0.1) is 5.92 Å². The van der Waals surface area contributed by atoms with Gasteiger partial charge in [0.05, 0.1) is 0 Å². The minimum Gasteiger partial charge on any atom is -0.342 e. The number of fused-ring (bicyclic) bond motifs is 1. The van der Waals surface area contributed by atoms with E-state index in [9.17, 15) is 9.59 Å². The molecule has 2 saturated heterocycles. The Bertz CT molecular complexity index is 691. The number of benzene rings is 1. The van der Waals surface area contributed by atoms with Crippen LogP contribution in [-0.2, 0) is 22.4 Å². The van der Waals surface area contributed by atoms with E-state index in [1.807, 2.05) is 23.9 Å². The predicted octanol–water partition coefficient (Wildman–Crippen LogP) is 1.95. The van der Waals surface area contributed by atoms with Crippen molar-refractivity contribution in [1.82, 2.24) is 14.7 Å². The van der Waals surface area contributed by atoms with Gasteiger partial charge in [0.1, 0.15) is 5.54 Å².